The predicted molar refractivity (Wildman–Crippen MR) is 268 cm³/mol. The molecule has 29 nitrogen and oxygen atoms in total. The Morgan fingerprint density at radius 2 is 1.58 bits per heavy atom. The van der Waals surface area contributed by atoms with Gasteiger partial charge in [-0.2, -0.15) is 0 Å². The van der Waals surface area contributed by atoms with Crippen LogP contribution in [0.3, 0.4) is 0 Å². The van der Waals surface area contributed by atoms with Gasteiger partial charge < -0.3 is 92.6 Å². The first-order chi connectivity index (χ1) is 35.9. The highest BCUT2D eigenvalue weighted by Crippen LogP contribution is 2.35. The topological polar surface area (TPSA) is 441 Å². The molecule has 1 aromatic rings. The van der Waals surface area contributed by atoms with E-state index >= 15 is 0 Å². The van der Waals surface area contributed by atoms with Crippen LogP contribution in [0.5, 0.6) is 0 Å². The summed E-state index contributed by atoms with van der Waals surface area (Å²) in [7, 11) is 1.23. The molecule has 4 rings (SSSR count). The summed E-state index contributed by atoms with van der Waals surface area (Å²) in [6, 6.07) is -7.25. The molecule has 16 atom stereocenters. The average molecular weight is 1090 g/mol. The molecule has 0 aromatic carbocycles. The Morgan fingerprint density at radius 3 is 2.17 bits per heavy atom. The zero-order chi connectivity index (χ0) is 56.6. The number of methoxy groups -OCH3 is 1. The number of nitrogens with zero attached hydrogens (tertiary/aromatic N) is 2. The molecule has 16 N–H and O–H groups in total. The zero-order valence-electron chi connectivity index (χ0n) is 43.9. The van der Waals surface area contributed by atoms with Crippen molar-refractivity contribution in [3.05, 3.63) is 33.1 Å². The molecule has 3 aliphatic heterocycles. The fourth-order valence-corrected chi connectivity index (χ4v) is 8.96. The molecule has 11 unspecified atom stereocenters. The van der Waals surface area contributed by atoms with E-state index < -0.39 is 150 Å². The number of amides is 4. The summed E-state index contributed by atoms with van der Waals surface area (Å²) in [5, 5.41) is 69.5. The number of nitrogens with one attached hydrogen (secondary N) is 7. The minimum Gasteiger partial charge on any atom is -0.480 e. The Hall–Kier alpha value is -5.79. The van der Waals surface area contributed by atoms with Gasteiger partial charge in [-0.1, -0.05) is 60.8 Å². The van der Waals surface area contributed by atoms with Gasteiger partial charge in [0.2, 0.25) is 11.8 Å². The van der Waals surface area contributed by atoms with Gasteiger partial charge in [-0.3, -0.25) is 38.5 Å². The molecule has 0 radical (unpaired) electrons. The molecule has 29 heteroatoms. The molecular weight excluding hydrogens is 1010 g/mol. The quantitative estimate of drug-likeness (QED) is 0.0260. The van der Waals surface area contributed by atoms with Crippen molar-refractivity contribution in [2.45, 2.75) is 178 Å². The Bertz CT molecular complexity index is 2250. The lowest BCUT2D eigenvalue weighted by Gasteiger charge is -2.34. The number of nitrogens with two attached hydrogens (primary N) is 2. The number of carboxylic acids is 2. The number of aliphatic hydroxyl groups is 3. The van der Waals surface area contributed by atoms with Crippen LogP contribution in [-0.2, 0) is 47.7 Å². The highest BCUT2D eigenvalue weighted by molar-refractivity contribution is 5.94. The third-order valence-corrected chi connectivity index (χ3v) is 13.5. The first kappa shape index (κ1) is 62.7. The number of carbonyl (C=O) groups is 6. The van der Waals surface area contributed by atoms with Gasteiger partial charge in [-0.25, -0.2) is 14.4 Å². The highest BCUT2D eigenvalue weighted by atomic mass is 16.7. The van der Waals surface area contributed by atoms with E-state index in [4.69, 9.17) is 35.2 Å². The molecule has 0 aliphatic carbocycles. The molecular formula is C47H79N11O18. The monoisotopic (exact) mass is 1090 g/mol. The van der Waals surface area contributed by atoms with E-state index in [1.54, 1.807) is 27.7 Å². The van der Waals surface area contributed by atoms with Crippen LogP contribution in [0.15, 0.2) is 26.8 Å². The Labute approximate surface area is 438 Å². The number of urea groups is 1. The van der Waals surface area contributed by atoms with Crippen LogP contribution in [0.25, 0.3) is 0 Å². The van der Waals surface area contributed by atoms with E-state index in [0.29, 0.717) is 12.3 Å². The molecule has 0 saturated carbocycles. The maximum atomic E-state index is 14.4. The summed E-state index contributed by atoms with van der Waals surface area (Å²) in [5.74, 6) is -6.07. The van der Waals surface area contributed by atoms with Gasteiger partial charge in [0.15, 0.2) is 18.5 Å². The van der Waals surface area contributed by atoms with Gasteiger partial charge in [0.05, 0.1) is 6.04 Å². The molecule has 2 saturated heterocycles. The van der Waals surface area contributed by atoms with Crippen LogP contribution < -0.4 is 54.6 Å². The Kier molecular flexibility index (Phi) is 24.5. The second kappa shape index (κ2) is 29.7. The summed E-state index contributed by atoms with van der Waals surface area (Å²) in [5.41, 5.74) is 9.95. The molecule has 1 aromatic heterocycles. The summed E-state index contributed by atoms with van der Waals surface area (Å²) >= 11 is 0. The molecule has 4 amide bonds. The van der Waals surface area contributed by atoms with Gasteiger partial charge in [0.25, 0.3) is 5.56 Å². The number of aliphatic imine (C=N–C) groups is 1. The number of aromatic nitrogens is 2. The fraction of sp³-hybridized carbons (Fsp3) is 0.766. The molecule has 0 bridgehead atoms. The van der Waals surface area contributed by atoms with E-state index in [1.807, 2.05) is 4.98 Å². The van der Waals surface area contributed by atoms with Crippen LogP contribution in [0.2, 0.25) is 0 Å². The first-order valence-corrected chi connectivity index (χ1v) is 25.6. The fourth-order valence-electron chi connectivity index (χ4n) is 8.96. The molecule has 4 heterocycles. The van der Waals surface area contributed by atoms with Crippen LogP contribution >= 0.6 is 0 Å². The number of aromatic amines is 1. The van der Waals surface area contributed by atoms with Crippen molar-refractivity contribution in [1.82, 2.24) is 41.5 Å². The van der Waals surface area contributed by atoms with Gasteiger partial charge in [0.1, 0.15) is 73.0 Å². The van der Waals surface area contributed by atoms with Crippen LogP contribution in [0, 0.1) is 17.8 Å². The summed E-state index contributed by atoms with van der Waals surface area (Å²) in [6.07, 6.45) is -11.2. The lowest BCUT2D eigenvalue weighted by Crippen LogP contribution is -2.66. The van der Waals surface area contributed by atoms with Gasteiger partial charge in [0, 0.05) is 45.4 Å². The minimum atomic E-state index is -1.93. The molecule has 3 aliphatic rings. The first-order valence-electron chi connectivity index (χ1n) is 25.6. The molecule has 0 spiro atoms. The van der Waals surface area contributed by atoms with Gasteiger partial charge in [-0.15, -0.1) is 0 Å². The summed E-state index contributed by atoms with van der Waals surface area (Å²) in [6.45, 7) is 10.2. The number of aliphatic carboxylic acids is 2. The van der Waals surface area contributed by atoms with Crippen molar-refractivity contribution in [2.75, 3.05) is 33.3 Å². The summed E-state index contributed by atoms with van der Waals surface area (Å²) < 4.78 is 29.9. The van der Waals surface area contributed by atoms with Crippen LogP contribution in [0.1, 0.15) is 92.7 Å². The van der Waals surface area contributed by atoms with Crippen molar-refractivity contribution < 1.29 is 78.0 Å². The lowest BCUT2D eigenvalue weighted by molar-refractivity contribution is -0.231. The minimum absolute atomic E-state index is 0.0139. The number of unbranched alkanes of at least 4 members (excludes halogenated alkanes) is 1. The number of aliphatic hydroxyl groups excluding tert-OH is 3. The van der Waals surface area contributed by atoms with E-state index in [1.165, 1.54) is 7.11 Å². The largest absolute Gasteiger partial charge is 0.480 e. The maximum absolute atomic E-state index is 14.4. The SMILES string of the molecule is CCC(C)CCCCC(=O)OC(C(C)C)C(NC(=O)C(NC(=O)NC(C(=O)O)C(C)C)C1CCN=C(N)N1)C(=O)NCCCNC(C(=O)O)C(O[C@@H]1O[C@H](CN)[C@@H](O)[C@H]1OC)C1O[C@@H](n2ccc(=O)[nH]c2=O)C(O)C1O. The lowest BCUT2D eigenvalue weighted by atomic mass is 9.96. The van der Waals surface area contributed by atoms with Crippen LogP contribution in [0.4, 0.5) is 4.79 Å². The number of ether oxygens (including phenoxy) is 5. The second-order valence-electron chi connectivity index (χ2n) is 19.9. The van der Waals surface area contributed by atoms with Crippen molar-refractivity contribution in [1.29, 1.82) is 0 Å². The number of carboxylic acid groups (broad SMARTS) is 2. The average Bonchev–Trinajstić information content (AvgIpc) is 3.83. The number of guanidine groups is 1. The number of hydrogen-bond donors (Lipinski definition) is 14. The van der Waals surface area contributed by atoms with Crippen molar-refractivity contribution in [3.63, 3.8) is 0 Å². The smallest absolute Gasteiger partial charge is 0.330 e. The Balaban J connectivity index is 1.59. The van der Waals surface area contributed by atoms with Gasteiger partial charge >= 0.3 is 29.6 Å². The number of esters is 1. The summed E-state index contributed by atoms with van der Waals surface area (Å²) in [4.78, 5) is 111. The van der Waals surface area contributed by atoms with Gasteiger partial charge in [-0.05, 0) is 43.6 Å². The third-order valence-electron chi connectivity index (χ3n) is 13.5. The molecule has 430 valence electrons. The van der Waals surface area contributed by atoms with Crippen molar-refractivity contribution in [2.24, 2.45) is 34.2 Å². The number of H-pyrrole nitrogens is 1. The number of hydrogen-bond acceptors (Lipinski definition) is 21. The van der Waals surface area contributed by atoms with E-state index in [0.717, 1.165) is 36.1 Å². The van der Waals surface area contributed by atoms with E-state index in [9.17, 15) is 63.9 Å². The number of rotatable bonds is 30. The molecule has 76 heavy (non-hydrogen) atoms. The molecule has 2 fully saturated rings. The second-order valence-corrected chi connectivity index (χ2v) is 19.9. The normalized spacial score (nSPS) is 26.2. The number of carbonyl (C=O) groups excluding carboxylic acids is 4. The zero-order valence-corrected chi connectivity index (χ0v) is 43.9. The predicted octanol–water partition coefficient (Wildman–Crippen LogP) is -3.74. The van der Waals surface area contributed by atoms with Crippen molar-refractivity contribution in [3.8, 4) is 0 Å². The van der Waals surface area contributed by atoms with E-state index in [-0.39, 0.29) is 51.4 Å². The maximum Gasteiger partial charge on any atom is 0.330 e. The van der Waals surface area contributed by atoms with E-state index in [2.05, 4.69) is 50.7 Å². The standard InChI is InChI=1S/C47H79N11O18/c1-8-23(6)12-9-10-13-27(60)74-35(22(4)5)30(55-40(65)29(24-14-18-52-45(49)53-24)57-46(70)56-28(21(2)3)42(66)67)39(64)51-17-11-16-50-31(43(68)69)36(76-44-38(72-7)32(61)25(20-48)73-44)37-33(62)34(63)41(75-37)58-19-15-26(59)54-47(58)71/h15,19,21-25,28-38,41,44,50,61-63H,8-14,16-18,20,48H2,1-7H3,(H,51,64)(H,55,65)(H,66,67)(H,68,69)(H3,49,52,53)(H,54,59,71)(H2,56,57,70)/t23?,24?,25-,28?,29?,30?,31?,32-,33?,34?,35?,36?,37?,38-,41-,44+/m1/s1. The third kappa shape index (κ3) is 17.1. The highest BCUT2D eigenvalue weighted by Gasteiger charge is 2.54. The Morgan fingerprint density at radius 1 is 0.882 bits per heavy atom. The van der Waals surface area contributed by atoms with Crippen LogP contribution in [-0.4, -0.2) is 195 Å². The van der Waals surface area contributed by atoms with Crippen molar-refractivity contribution >= 4 is 41.7 Å².